The van der Waals surface area contributed by atoms with Gasteiger partial charge < -0.3 is 15.2 Å². The Morgan fingerprint density at radius 3 is 2.94 bits per heavy atom. The third kappa shape index (κ3) is 4.57. The highest BCUT2D eigenvalue weighted by atomic mass is 79.9. The molecule has 100 valence electrons. The normalized spacial score (nSPS) is 12.2. The first kappa shape index (κ1) is 15.4. The van der Waals surface area contributed by atoms with Gasteiger partial charge >= 0.3 is 0 Å². The van der Waals surface area contributed by atoms with Crippen LogP contribution in [0.25, 0.3) is 0 Å². The fourth-order valence-electron chi connectivity index (χ4n) is 1.40. The molecule has 0 aliphatic heterocycles. The summed E-state index contributed by atoms with van der Waals surface area (Å²) in [6.45, 7) is 0.343. The van der Waals surface area contributed by atoms with Gasteiger partial charge in [0.2, 0.25) is 0 Å². The summed E-state index contributed by atoms with van der Waals surface area (Å²) >= 11 is 9.13. The molecule has 0 aromatic heterocycles. The van der Waals surface area contributed by atoms with E-state index < -0.39 is 0 Å². The maximum absolute atomic E-state index is 12.0. The van der Waals surface area contributed by atoms with Crippen molar-refractivity contribution in [1.29, 1.82) is 0 Å². The lowest BCUT2D eigenvalue weighted by molar-refractivity contribution is 0.0894. The van der Waals surface area contributed by atoms with Gasteiger partial charge in [-0.15, -0.1) is 0 Å². The van der Waals surface area contributed by atoms with Crippen molar-refractivity contribution in [2.75, 3.05) is 20.3 Å². The van der Waals surface area contributed by atoms with Crippen LogP contribution in [0.1, 0.15) is 16.8 Å². The van der Waals surface area contributed by atoms with Crippen LogP contribution >= 0.6 is 27.5 Å². The molecule has 0 saturated heterocycles. The van der Waals surface area contributed by atoms with E-state index in [1.165, 1.54) is 0 Å². The van der Waals surface area contributed by atoms with Crippen molar-refractivity contribution < 1.29 is 14.6 Å². The predicted octanol–water partition coefficient (Wildman–Crippen LogP) is 2.23. The molecule has 18 heavy (non-hydrogen) atoms. The number of carbonyl (C=O) groups excluding carboxylic acids is 1. The highest BCUT2D eigenvalue weighted by molar-refractivity contribution is 9.10. The van der Waals surface area contributed by atoms with Crippen LogP contribution in [0.4, 0.5) is 0 Å². The van der Waals surface area contributed by atoms with Gasteiger partial charge in [0.05, 0.1) is 18.2 Å². The summed E-state index contributed by atoms with van der Waals surface area (Å²) < 4.78 is 5.57. The second kappa shape index (κ2) is 7.74. The van der Waals surface area contributed by atoms with E-state index in [2.05, 4.69) is 21.2 Å². The van der Waals surface area contributed by atoms with Crippen molar-refractivity contribution in [1.82, 2.24) is 5.32 Å². The molecule has 2 N–H and O–H groups in total. The van der Waals surface area contributed by atoms with Crippen LogP contribution in [-0.4, -0.2) is 37.4 Å². The molecular weight excluding hydrogens is 321 g/mol. The Kier molecular flexibility index (Phi) is 6.63. The van der Waals surface area contributed by atoms with Crippen LogP contribution in [0.15, 0.2) is 22.7 Å². The molecule has 0 saturated carbocycles. The number of hydrogen-bond donors (Lipinski definition) is 2. The van der Waals surface area contributed by atoms with Gasteiger partial charge in [-0.1, -0.05) is 11.6 Å². The minimum absolute atomic E-state index is 0.132. The number of nitrogens with one attached hydrogen (secondary N) is 1. The molecule has 1 aromatic carbocycles. The average molecular weight is 337 g/mol. The molecule has 1 amide bonds. The first-order valence-electron chi connectivity index (χ1n) is 5.44. The molecular formula is C12H15BrClNO3. The highest BCUT2D eigenvalue weighted by Gasteiger charge is 2.15. The Hall–Kier alpha value is -0.620. The number of aliphatic hydroxyl groups excluding tert-OH is 1. The van der Waals surface area contributed by atoms with Crippen molar-refractivity contribution in [3.8, 4) is 0 Å². The molecule has 0 fully saturated rings. The van der Waals surface area contributed by atoms with Crippen LogP contribution in [0, 0.1) is 0 Å². The number of methoxy groups -OCH3 is 1. The number of amides is 1. The van der Waals surface area contributed by atoms with Gasteiger partial charge in [-0.25, -0.2) is 0 Å². The predicted molar refractivity (Wildman–Crippen MR) is 74.0 cm³/mol. The zero-order chi connectivity index (χ0) is 13.5. The highest BCUT2D eigenvalue weighted by Crippen LogP contribution is 2.21. The number of hydrogen-bond acceptors (Lipinski definition) is 3. The number of benzene rings is 1. The van der Waals surface area contributed by atoms with Gasteiger partial charge in [-0.3, -0.25) is 4.79 Å². The molecule has 1 aromatic rings. The zero-order valence-electron chi connectivity index (χ0n) is 9.95. The average Bonchev–Trinajstić information content (AvgIpc) is 2.37. The maximum Gasteiger partial charge on any atom is 0.252 e. The van der Waals surface area contributed by atoms with E-state index in [9.17, 15) is 4.79 Å². The molecule has 0 spiro atoms. The summed E-state index contributed by atoms with van der Waals surface area (Å²) in [7, 11) is 1.57. The summed E-state index contributed by atoms with van der Waals surface area (Å²) in [5.41, 5.74) is 0.443. The fourth-order valence-corrected chi connectivity index (χ4v) is 2.00. The third-order valence-electron chi connectivity index (χ3n) is 2.40. The summed E-state index contributed by atoms with van der Waals surface area (Å²) in [5, 5.41) is 12.4. The van der Waals surface area contributed by atoms with Gasteiger partial charge in [0.1, 0.15) is 0 Å². The minimum Gasteiger partial charge on any atom is -0.394 e. The van der Waals surface area contributed by atoms with Crippen molar-refractivity contribution >= 4 is 33.4 Å². The number of halogens is 2. The van der Waals surface area contributed by atoms with Crippen molar-refractivity contribution in [3.05, 3.63) is 33.3 Å². The second-order valence-electron chi connectivity index (χ2n) is 3.76. The van der Waals surface area contributed by atoms with E-state index in [0.29, 0.717) is 28.1 Å². The Labute approximate surface area is 119 Å². The zero-order valence-corrected chi connectivity index (χ0v) is 12.3. The standard InChI is InChI=1S/C12H15BrClNO3/c1-18-5-4-9(7-16)15-12(17)10-6-8(14)2-3-11(10)13/h2-3,6,9,16H,4-5,7H2,1H3,(H,15,17). The topological polar surface area (TPSA) is 58.6 Å². The third-order valence-corrected chi connectivity index (χ3v) is 3.33. The van der Waals surface area contributed by atoms with Crippen LogP contribution < -0.4 is 5.32 Å². The Morgan fingerprint density at radius 1 is 1.61 bits per heavy atom. The van der Waals surface area contributed by atoms with E-state index >= 15 is 0 Å². The second-order valence-corrected chi connectivity index (χ2v) is 5.05. The maximum atomic E-state index is 12.0. The van der Waals surface area contributed by atoms with E-state index in [1.807, 2.05) is 0 Å². The van der Waals surface area contributed by atoms with E-state index in [0.717, 1.165) is 0 Å². The molecule has 0 bridgehead atoms. The van der Waals surface area contributed by atoms with Crippen LogP contribution in [0.5, 0.6) is 0 Å². The molecule has 1 atom stereocenters. The molecule has 0 heterocycles. The molecule has 1 rings (SSSR count). The van der Waals surface area contributed by atoms with E-state index in [-0.39, 0.29) is 18.6 Å². The Balaban J connectivity index is 2.71. The summed E-state index contributed by atoms with van der Waals surface area (Å²) in [4.78, 5) is 12.0. The molecule has 0 radical (unpaired) electrons. The lowest BCUT2D eigenvalue weighted by Gasteiger charge is -2.16. The van der Waals surface area contributed by atoms with Gasteiger partial charge in [0.25, 0.3) is 5.91 Å². The summed E-state index contributed by atoms with van der Waals surface area (Å²) in [6.07, 6.45) is 0.553. The van der Waals surface area contributed by atoms with Gasteiger partial charge in [0, 0.05) is 23.2 Å². The van der Waals surface area contributed by atoms with Gasteiger partial charge in [-0.05, 0) is 40.5 Å². The molecule has 1 unspecified atom stereocenters. The van der Waals surface area contributed by atoms with Crippen LogP contribution in [0.3, 0.4) is 0 Å². The molecule has 4 nitrogen and oxygen atoms in total. The van der Waals surface area contributed by atoms with E-state index in [4.69, 9.17) is 21.4 Å². The number of aliphatic hydroxyl groups is 1. The quantitative estimate of drug-likeness (QED) is 0.837. The number of carbonyl (C=O) groups is 1. The first-order valence-corrected chi connectivity index (χ1v) is 6.61. The van der Waals surface area contributed by atoms with Crippen LogP contribution in [-0.2, 0) is 4.74 Å². The Bertz CT molecular complexity index is 414. The summed E-state index contributed by atoms with van der Waals surface area (Å²) in [5.74, 6) is -0.278. The fraction of sp³-hybridized carbons (Fsp3) is 0.417. The molecule has 0 aliphatic rings. The first-order chi connectivity index (χ1) is 8.58. The van der Waals surface area contributed by atoms with E-state index in [1.54, 1.807) is 25.3 Å². The number of rotatable bonds is 6. The Morgan fingerprint density at radius 2 is 2.33 bits per heavy atom. The largest absolute Gasteiger partial charge is 0.394 e. The molecule has 6 heteroatoms. The molecule has 0 aliphatic carbocycles. The monoisotopic (exact) mass is 335 g/mol. The van der Waals surface area contributed by atoms with Crippen LogP contribution in [0.2, 0.25) is 5.02 Å². The number of ether oxygens (including phenoxy) is 1. The minimum atomic E-state index is -0.330. The smallest absolute Gasteiger partial charge is 0.252 e. The lowest BCUT2D eigenvalue weighted by atomic mass is 10.1. The lowest BCUT2D eigenvalue weighted by Crippen LogP contribution is -2.38. The SMILES string of the molecule is COCCC(CO)NC(=O)c1cc(Cl)ccc1Br. The van der Waals surface area contributed by atoms with Crippen molar-refractivity contribution in [2.24, 2.45) is 0 Å². The van der Waals surface area contributed by atoms with Gasteiger partial charge in [-0.2, -0.15) is 0 Å². The summed E-state index contributed by atoms with van der Waals surface area (Å²) in [6, 6.07) is 4.64. The van der Waals surface area contributed by atoms with Gasteiger partial charge in [0.15, 0.2) is 0 Å². The van der Waals surface area contributed by atoms with Crippen molar-refractivity contribution in [3.63, 3.8) is 0 Å². The van der Waals surface area contributed by atoms with Crippen molar-refractivity contribution in [2.45, 2.75) is 12.5 Å².